The van der Waals surface area contributed by atoms with Crippen LogP contribution >= 0.6 is 0 Å². The molecule has 20 heavy (non-hydrogen) atoms. The Morgan fingerprint density at radius 3 is 2.90 bits per heavy atom. The van der Waals surface area contributed by atoms with E-state index in [1.54, 1.807) is 13.0 Å². The minimum absolute atomic E-state index is 0.0625. The van der Waals surface area contributed by atoms with Crippen LogP contribution in [0.5, 0.6) is 5.75 Å². The normalized spacial score (nSPS) is 10.5. The van der Waals surface area contributed by atoms with Gasteiger partial charge in [0.1, 0.15) is 17.5 Å². The number of nitro groups is 1. The number of benzene rings is 1. The van der Waals surface area contributed by atoms with Gasteiger partial charge in [-0.05, 0) is 19.1 Å². The molecule has 0 spiro atoms. The maximum Gasteiger partial charge on any atom is 0.297 e. The molecular weight excluding hydrogens is 264 g/mol. The number of nitriles is 1. The van der Waals surface area contributed by atoms with Crippen LogP contribution in [0.2, 0.25) is 0 Å². The first-order chi connectivity index (χ1) is 9.49. The first-order valence-electron chi connectivity index (χ1n) is 5.49. The van der Waals surface area contributed by atoms with E-state index >= 15 is 0 Å². The zero-order chi connectivity index (χ0) is 15.1. The van der Waals surface area contributed by atoms with Gasteiger partial charge in [-0.15, -0.1) is 0 Å². The van der Waals surface area contributed by atoms with E-state index in [4.69, 9.17) is 21.1 Å². The number of amidine groups is 1. The highest BCUT2D eigenvalue weighted by Crippen LogP contribution is 2.29. The third kappa shape index (κ3) is 3.67. The number of hydrogen-bond donors (Lipinski definition) is 3. The summed E-state index contributed by atoms with van der Waals surface area (Å²) in [5.41, 5.74) is 6.88. The number of rotatable bonds is 6. The van der Waals surface area contributed by atoms with E-state index in [1.165, 1.54) is 18.2 Å². The van der Waals surface area contributed by atoms with Crippen molar-refractivity contribution >= 4 is 22.9 Å². The smallest absolute Gasteiger partial charge is 0.297 e. The summed E-state index contributed by atoms with van der Waals surface area (Å²) in [6, 6.07) is 5.75. The average molecular weight is 276 g/mol. The SMILES string of the molecule is CCOc1ccc(N/N=C(\C#N)C(=N)N)c([N+](=O)[O-])c1. The van der Waals surface area contributed by atoms with Crippen molar-refractivity contribution in [2.45, 2.75) is 6.92 Å². The average Bonchev–Trinajstić information content (AvgIpc) is 2.40. The molecule has 0 aliphatic heterocycles. The first kappa shape index (κ1) is 14.9. The molecule has 9 nitrogen and oxygen atoms in total. The van der Waals surface area contributed by atoms with Gasteiger partial charge >= 0.3 is 0 Å². The molecule has 0 bridgehead atoms. The van der Waals surface area contributed by atoms with Gasteiger partial charge in [-0.1, -0.05) is 0 Å². The van der Waals surface area contributed by atoms with Crippen LogP contribution in [0.4, 0.5) is 11.4 Å². The van der Waals surface area contributed by atoms with Crippen LogP contribution in [0.3, 0.4) is 0 Å². The lowest BCUT2D eigenvalue weighted by Crippen LogP contribution is -2.21. The summed E-state index contributed by atoms with van der Waals surface area (Å²) < 4.78 is 5.16. The summed E-state index contributed by atoms with van der Waals surface area (Å²) in [5, 5.41) is 30.2. The minimum atomic E-state index is -0.611. The van der Waals surface area contributed by atoms with Crippen LogP contribution < -0.4 is 15.9 Å². The van der Waals surface area contributed by atoms with Gasteiger partial charge in [0.2, 0.25) is 5.71 Å². The number of nitro benzene ring substituents is 1. The second-order valence-corrected chi connectivity index (χ2v) is 3.47. The molecule has 1 aromatic carbocycles. The standard InChI is InChI=1S/C11H12N6O3/c1-2-20-7-3-4-8(10(5-7)17(18)19)15-16-9(6-12)11(13)14/h3-5,15H,2H2,1H3,(H3,13,14)/b16-9+. The van der Waals surface area contributed by atoms with Crippen molar-refractivity contribution in [3.63, 3.8) is 0 Å². The van der Waals surface area contributed by atoms with Gasteiger partial charge in [-0.2, -0.15) is 10.4 Å². The molecule has 0 radical (unpaired) electrons. The van der Waals surface area contributed by atoms with Crippen molar-refractivity contribution in [3.05, 3.63) is 28.3 Å². The summed E-state index contributed by atoms with van der Waals surface area (Å²) in [6.07, 6.45) is 0. The maximum absolute atomic E-state index is 11.0. The van der Waals surface area contributed by atoms with Gasteiger partial charge in [-0.3, -0.25) is 20.9 Å². The highest BCUT2D eigenvalue weighted by atomic mass is 16.6. The van der Waals surface area contributed by atoms with Crippen LogP contribution in [0, 0.1) is 26.9 Å². The number of nitrogens with zero attached hydrogens (tertiary/aromatic N) is 3. The molecule has 0 unspecified atom stereocenters. The summed E-state index contributed by atoms with van der Waals surface area (Å²) in [4.78, 5) is 10.3. The molecule has 1 aromatic rings. The van der Waals surface area contributed by atoms with Gasteiger partial charge in [0.05, 0.1) is 17.6 Å². The topological polar surface area (TPSA) is 150 Å². The predicted octanol–water partition coefficient (Wildman–Crippen LogP) is 1.22. The molecule has 1 rings (SSSR count). The van der Waals surface area contributed by atoms with E-state index in [0.717, 1.165) is 0 Å². The molecule has 0 fully saturated rings. The Bertz CT molecular complexity index is 605. The second-order valence-electron chi connectivity index (χ2n) is 3.47. The summed E-state index contributed by atoms with van der Waals surface area (Å²) in [5.74, 6) is -0.186. The third-order valence-electron chi connectivity index (χ3n) is 2.13. The highest BCUT2D eigenvalue weighted by Gasteiger charge is 2.15. The molecule has 4 N–H and O–H groups in total. The zero-order valence-corrected chi connectivity index (χ0v) is 10.6. The fourth-order valence-electron chi connectivity index (χ4n) is 1.28. The predicted molar refractivity (Wildman–Crippen MR) is 72.9 cm³/mol. The largest absolute Gasteiger partial charge is 0.494 e. The minimum Gasteiger partial charge on any atom is -0.494 e. The molecule has 0 aliphatic rings. The lowest BCUT2D eigenvalue weighted by Gasteiger charge is -2.06. The van der Waals surface area contributed by atoms with Crippen molar-refractivity contribution in [3.8, 4) is 11.8 Å². The fourth-order valence-corrected chi connectivity index (χ4v) is 1.28. The Kier molecular flexibility index (Phi) is 4.99. The Balaban J connectivity index is 3.09. The van der Waals surface area contributed by atoms with Gasteiger partial charge in [0.25, 0.3) is 5.69 Å². The van der Waals surface area contributed by atoms with E-state index in [9.17, 15) is 10.1 Å². The van der Waals surface area contributed by atoms with Crippen LogP contribution in [0.1, 0.15) is 6.92 Å². The molecule has 0 saturated heterocycles. The van der Waals surface area contributed by atoms with Crippen LogP contribution in [-0.2, 0) is 0 Å². The quantitative estimate of drug-likeness (QED) is 0.307. The summed E-state index contributed by atoms with van der Waals surface area (Å²) >= 11 is 0. The molecule has 9 heteroatoms. The van der Waals surface area contributed by atoms with Crippen molar-refractivity contribution in [2.24, 2.45) is 10.8 Å². The molecule has 0 atom stereocenters. The molecule has 0 amide bonds. The summed E-state index contributed by atoms with van der Waals surface area (Å²) in [6.45, 7) is 2.14. The summed E-state index contributed by atoms with van der Waals surface area (Å²) in [7, 11) is 0. The van der Waals surface area contributed by atoms with Gasteiger partial charge in [0, 0.05) is 0 Å². The number of ether oxygens (including phenoxy) is 1. The van der Waals surface area contributed by atoms with Gasteiger partial charge in [0.15, 0.2) is 5.84 Å². The number of nitrogens with one attached hydrogen (secondary N) is 2. The molecule has 0 aliphatic carbocycles. The van der Waals surface area contributed by atoms with Crippen molar-refractivity contribution in [1.29, 1.82) is 10.7 Å². The monoisotopic (exact) mass is 276 g/mol. The lowest BCUT2D eigenvalue weighted by atomic mass is 10.2. The van der Waals surface area contributed by atoms with E-state index in [-0.39, 0.29) is 17.1 Å². The second kappa shape index (κ2) is 6.69. The number of hydrogen-bond acceptors (Lipinski definition) is 7. The van der Waals surface area contributed by atoms with E-state index in [0.29, 0.717) is 12.4 Å². The van der Waals surface area contributed by atoms with Crippen LogP contribution in [0.15, 0.2) is 23.3 Å². The zero-order valence-electron chi connectivity index (χ0n) is 10.6. The number of anilines is 1. The number of hydrazone groups is 1. The van der Waals surface area contributed by atoms with E-state index < -0.39 is 10.8 Å². The van der Waals surface area contributed by atoms with Crippen molar-refractivity contribution < 1.29 is 9.66 Å². The molecule has 0 heterocycles. The molecule has 0 aromatic heterocycles. The Labute approximate surface area is 114 Å². The Morgan fingerprint density at radius 1 is 1.70 bits per heavy atom. The molecule has 104 valence electrons. The van der Waals surface area contributed by atoms with Gasteiger partial charge in [-0.25, -0.2) is 0 Å². The van der Waals surface area contributed by atoms with Crippen molar-refractivity contribution in [2.75, 3.05) is 12.0 Å². The van der Waals surface area contributed by atoms with Crippen LogP contribution in [0.25, 0.3) is 0 Å². The maximum atomic E-state index is 11.0. The fraction of sp³-hybridized carbons (Fsp3) is 0.182. The van der Waals surface area contributed by atoms with Gasteiger partial charge < -0.3 is 10.5 Å². The number of nitrogens with two attached hydrogens (primary N) is 1. The van der Waals surface area contributed by atoms with Crippen molar-refractivity contribution in [1.82, 2.24) is 0 Å². The third-order valence-corrected chi connectivity index (χ3v) is 2.13. The molecule has 0 saturated carbocycles. The highest BCUT2D eigenvalue weighted by molar-refractivity contribution is 6.45. The van der Waals surface area contributed by atoms with Crippen LogP contribution in [-0.4, -0.2) is 23.1 Å². The Morgan fingerprint density at radius 2 is 2.40 bits per heavy atom. The molecular formula is C11H12N6O3. The lowest BCUT2D eigenvalue weighted by molar-refractivity contribution is -0.384. The Hall–Kier alpha value is -3.15. The first-order valence-corrected chi connectivity index (χ1v) is 5.49. The van der Waals surface area contributed by atoms with E-state index in [2.05, 4.69) is 10.5 Å². The van der Waals surface area contributed by atoms with E-state index in [1.807, 2.05) is 0 Å².